The maximum Gasteiger partial charge on any atom is 0.243 e. The first-order valence-electron chi connectivity index (χ1n) is 5.96. The van der Waals surface area contributed by atoms with Crippen LogP contribution in [0.3, 0.4) is 0 Å². The Morgan fingerprint density at radius 3 is 2.94 bits per heavy atom. The fourth-order valence-corrected chi connectivity index (χ4v) is 2.29. The highest BCUT2D eigenvalue weighted by atomic mass is 16.2. The van der Waals surface area contributed by atoms with Gasteiger partial charge in [0.1, 0.15) is 0 Å². The van der Waals surface area contributed by atoms with Gasteiger partial charge in [0.25, 0.3) is 0 Å². The third-order valence-electron chi connectivity index (χ3n) is 3.35. The number of piperazine rings is 1. The molecule has 2 rings (SSSR count). The van der Waals surface area contributed by atoms with Gasteiger partial charge in [-0.1, -0.05) is 0 Å². The summed E-state index contributed by atoms with van der Waals surface area (Å²) >= 11 is 0. The number of hydrogen-bond acceptors (Lipinski definition) is 4. The van der Waals surface area contributed by atoms with Crippen molar-refractivity contribution in [2.75, 3.05) is 32.7 Å². The summed E-state index contributed by atoms with van der Waals surface area (Å²) < 4.78 is 0. The molecular formula is C11H19N3O2. The van der Waals surface area contributed by atoms with Crippen molar-refractivity contribution in [3.05, 3.63) is 0 Å². The van der Waals surface area contributed by atoms with Crippen LogP contribution < -0.4 is 5.32 Å². The number of likely N-dealkylation sites (tertiary alicyclic amines) is 1. The Labute approximate surface area is 95.8 Å². The summed E-state index contributed by atoms with van der Waals surface area (Å²) in [5, 5.41) is 3.28. The van der Waals surface area contributed by atoms with Gasteiger partial charge in [0, 0.05) is 38.6 Å². The summed E-state index contributed by atoms with van der Waals surface area (Å²) in [6, 6.07) is 0.371. The second kappa shape index (κ2) is 4.93. The van der Waals surface area contributed by atoms with Gasteiger partial charge >= 0.3 is 0 Å². The zero-order chi connectivity index (χ0) is 11.5. The normalized spacial score (nSPS) is 27.4. The van der Waals surface area contributed by atoms with Gasteiger partial charge in [0.15, 0.2) is 0 Å². The average Bonchev–Trinajstić information content (AvgIpc) is 2.68. The molecule has 1 atom stereocenters. The van der Waals surface area contributed by atoms with Crippen molar-refractivity contribution in [2.45, 2.75) is 25.8 Å². The predicted molar refractivity (Wildman–Crippen MR) is 59.9 cm³/mol. The summed E-state index contributed by atoms with van der Waals surface area (Å²) in [7, 11) is 0. The highest BCUT2D eigenvalue weighted by Gasteiger charge is 2.29. The summed E-state index contributed by atoms with van der Waals surface area (Å²) in [4.78, 5) is 26.9. The van der Waals surface area contributed by atoms with Crippen molar-refractivity contribution in [1.29, 1.82) is 0 Å². The largest absolute Gasteiger partial charge is 0.314 e. The molecule has 0 aliphatic carbocycles. The maximum atomic E-state index is 11.9. The molecule has 0 saturated carbocycles. The minimum absolute atomic E-state index is 0.00668. The molecule has 2 fully saturated rings. The fraction of sp³-hybridized carbons (Fsp3) is 0.818. The zero-order valence-corrected chi connectivity index (χ0v) is 9.74. The number of rotatable bonds is 2. The average molecular weight is 225 g/mol. The molecule has 5 nitrogen and oxygen atoms in total. The summed E-state index contributed by atoms with van der Waals surface area (Å²) in [5.41, 5.74) is 0. The van der Waals surface area contributed by atoms with Crippen molar-refractivity contribution >= 4 is 11.8 Å². The van der Waals surface area contributed by atoms with Crippen LogP contribution in [0.4, 0.5) is 0 Å². The minimum Gasteiger partial charge on any atom is -0.314 e. The Bertz CT molecular complexity index is 293. The first-order valence-corrected chi connectivity index (χ1v) is 5.96. The van der Waals surface area contributed by atoms with E-state index in [2.05, 4.69) is 17.1 Å². The van der Waals surface area contributed by atoms with E-state index in [0.717, 1.165) is 26.1 Å². The van der Waals surface area contributed by atoms with Crippen LogP contribution in [0.5, 0.6) is 0 Å². The molecule has 0 aromatic heterocycles. The van der Waals surface area contributed by atoms with Gasteiger partial charge in [0.05, 0.1) is 6.54 Å². The van der Waals surface area contributed by atoms with E-state index >= 15 is 0 Å². The Morgan fingerprint density at radius 2 is 2.31 bits per heavy atom. The van der Waals surface area contributed by atoms with Gasteiger partial charge in [-0.15, -0.1) is 0 Å². The lowest BCUT2D eigenvalue weighted by Gasteiger charge is -2.34. The number of hydrogen-bond donors (Lipinski definition) is 1. The summed E-state index contributed by atoms with van der Waals surface area (Å²) in [6.45, 7) is 5.82. The number of carbonyl (C=O) groups is 2. The highest BCUT2D eigenvalue weighted by Crippen LogP contribution is 2.11. The van der Waals surface area contributed by atoms with Crippen LogP contribution >= 0.6 is 0 Å². The Morgan fingerprint density at radius 1 is 1.50 bits per heavy atom. The van der Waals surface area contributed by atoms with E-state index in [0.29, 0.717) is 25.6 Å². The quantitative estimate of drug-likeness (QED) is 0.684. The lowest BCUT2D eigenvalue weighted by atomic mass is 10.2. The number of nitrogens with zero attached hydrogens (tertiary/aromatic N) is 2. The number of amides is 2. The molecule has 1 N–H and O–H groups in total. The van der Waals surface area contributed by atoms with E-state index in [-0.39, 0.29) is 11.8 Å². The third-order valence-corrected chi connectivity index (χ3v) is 3.35. The smallest absolute Gasteiger partial charge is 0.243 e. The van der Waals surface area contributed by atoms with E-state index in [1.54, 1.807) is 0 Å². The second-order valence-electron chi connectivity index (χ2n) is 4.57. The van der Waals surface area contributed by atoms with Gasteiger partial charge < -0.3 is 5.32 Å². The van der Waals surface area contributed by atoms with Crippen molar-refractivity contribution in [3.63, 3.8) is 0 Å². The molecule has 2 heterocycles. The maximum absolute atomic E-state index is 11.9. The van der Waals surface area contributed by atoms with E-state index in [1.807, 2.05) is 0 Å². The van der Waals surface area contributed by atoms with E-state index in [9.17, 15) is 9.59 Å². The Kier molecular flexibility index (Phi) is 3.56. The molecule has 0 aromatic carbocycles. The Balaban J connectivity index is 1.88. The van der Waals surface area contributed by atoms with Crippen LogP contribution in [-0.4, -0.2) is 60.4 Å². The molecule has 90 valence electrons. The molecule has 0 unspecified atom stereocenters. The van der Waals surface area contributed by atoms with Gasteiger partial charge in [-0.05, 0) is 13.3 Å². The SMILES string of the molecule is C[C@@H]1CNCCN1CC(=O)N1CCCC1=O. The minimum atomic E-state index is -0.0312. The van der Waals surface area contributed by atoms with Crippen molar-refractivity contribution in [1.82, 2.24) is 15.1 Å². The molecule has 0 aromatic rings. The first kappa shape index (κ1) is 11.5. The van der Waals surface area contributed by atoms with Gasteiger partial charge in [-0.25, -0.2) is 0 Å². The van der Waals surface area contributed by atoms with Crippen LogP contribution in [0.15, 0.2) is 0 Å². The standard InChI is InChI=1S/C11H19N3O2/c1-9-7-12-4-6-13(9)8-11(16)14-5-2-3-10(14)15/h9,12H,2-8H2,1H3/t9-/m1/s1. The van der Waals surface area contributed by atoms with Gasteiger partial charge in [0.2, 0.25) is 11.8 Å². The monoisotopic (exact) mass is 225 g/mol. The third kappa shape index (κ3) is 2.41. The molecule has 0 radical (unpaired) electrons. The molecule has 0 bridgehead atoms. The molecule has 2 aliphatic heterocycles. The number of nitrogens with one attached hydrogen (secondary N) is 1. The molecular weight excluding hydrogens is 206 g/mol. The molecule has 2 aliphatic rings. The molecule has 5 heteroatoms. The highest BCUT2D eigenvalue weighted by molar-refractivity contribution is 5.97. The van der Waals surface area contributed by atoms with Crippen molar-refractivity contribution < 1.29 is 9.59 Å². The van der Waals surface area contributed by atoms with E-state index < -0.39 is 0 Å². The first-order chi connectivity index (χ1) is 7.68. The second-order valence-corrected chi connectivity index (χ2v) is 4.57. The Hall–Kier alpha value is -0.940. The van der Waals surface area contributed by atoms with Crippen LogP contribution in [0.2, 0.25) is 0 Å². The fourth-order valence-electron chi connectivity index (χ4n) is 2.29. The lowest BCUT2D eigenvalue weighted by Crippen LogP contribution is -2.53. The van der Waals surface area contributed by atoms with Crippen molar-refractivity contribution in [2.24, 2.45) is 0 Å². The number of carbonyl (C=O) groups excluding carboxylic acids is 2. The van der Waals surface area contributed by atoms with E-state index in [4.69, 9.17) is 0 Å². The van der Waals surface area contributed by atoms with Crippen molar-refractivity contribution in [3.8, 4) is 0 Å². The van der Waals surface area contributed by atoms with E-state index in [1.165, 1.54) is 4.90 Å². The molecule has 2 saturated heterocycles. The van der Waals surface area contributed by atoms with Gasteiger partial charge in [-0.3, -0.25) is 19.4 Å². The number of imide groups is 1. The molecule has 2 amide bonds. The predicted octanol–water partition coefficient (Wildman–Crippen LogP) is -0.571. The van der Waals surface area contributed by atoms with Crippen LogP contribution in [0.25, 0.3) is 0 Å². The molecule has 0 spiro atoms. The van der Waals surface area contributed by atoms with Crippen LogP contribution in [0, 0.1) is 0 Å². The van der Waals surface area contributed by atoms with Crippen LogP contribution in [0.1, 0.15) is 19.8 Å². The van der Waals surface area contributed by atoms with Gasteiger partial charge in [-0.2, -0.15) is 0 Å². The topological polar surface area (TPSA) is 52.7 Å². The summed E-state index contributed by atoms with van der Waals surface area (Å²) in [6.07, 6.45) is 1.35. The zero-order valence-electron chi connectivity index (χ0n) is 9.74. The lowest BCUT2D eigenvalue weighted by molar-refractivity contribution is -0.142. The molecule has 16 heavy (non-hydrogen) atoms. The van der Waals surface area contributed by atoms with Crippen LogP contribution in [-0.2, 0) is 9.59 Å². The summed E-state index contributed by atoms with van der Waals surface area (Å²) in [5.74, 6) is -0.0379.